The minimum atomic E-state index is -1.39. The molecule has 150 valence electrons. The van der Waals surface area contributed by atoms with E-state index in [2.05, 4.69) is 10.3 Å². The molecular weight excluding hydrogens is 364 g/mol. The van der Waals surface area contributed by atoms with Crippen molar-refractivity contribution in [3.8, 4) is 0 Å². The highest BCUT2D eigenvalue weighted by atomic mass is 16.6. The third-order valence-electron chi connectivity index (χ3n) is 4.50. The van der Waals surface area contributed by atoms with Gasteiger partial charge >= 0.3 is 6.09 Å². The molecule has 0 spiro atoms. The first kappa shape index (κ1) is 20.6. The van der Waals surface area contributed by atoms with E-state index >= 15 is 0 Å². The van der Waals surface area contributed by atoms with Crippen molar-refractivity contribution in [2.45, 2.75) is 38.5 Å². The first-order valence-electron chi connectivity index (χ1n) is 9.54. The normalized spacial score (nSPS) is 11.7. The van der Waals surface area contributed by atoms with Crippen LogP contribution in [0.4, 0.5) is 4.79 Å². The van der Waals surface area contributed by atoms with Crippen LogP contribution in [0.2, 0.25) is 0 Å². The van der Waals surface area contributed by atoms with Gasteiger partial charge in [-0.2, -0.15) is 0 Å². The highest BCUT2D eigenvalue weighted by molar-refractivity contribution is 5.67. The van der Waals surface area contributed by atoms with E-state index in [1.165, 1.54) is 0 Å². The molecule has 29 heavy (non-hydrogen) atoms. The number of carbonyl (C=O) groups excluding carboxylic acids is 1. The lowest BCUT2D eigenvalue weighted by Gasteiger charge is -2.32. The molecule has 3 rings (SSSR count). The number of hydrogen-bond donors (Lipinski definition) is 2. The maximum absolute atomic E-state index is 12.1. The fraction of sp³-hybridized carbons (Fsp3) is 0.250. The van der Waals surface area contributed by atoms with Crippen molar-refractivity contribution in [1.29, 1.82) is 0 Å². The Morgan fingerprint density at radius 2 is 1.52 bits per heavy atom. The van der Waals surface area contributed by atoms with Crippen LogP contribution in [0.1, 0.15) is 43.0 Å². The Kier molecular flexibility index (Phi) is 5.99. The molecule has 0 aliphatic heterocycles. The Hall–Kier alpha value is -3.18. The number of nitrogens with one attached hydrogen (secondary N) is 1. The molecule has 0 aliphatic rings. The van der Waals surface area contributed by atoms with Gasteiger partial charge in [0, 0.05) is 24.5 Å². The molecule has 0 bridgehead atoms. The molecule has 1 heterocycles. The predicted octanol–water partition coefficient (Wildman–Crippen LogP) is 4.39. The summed E-state index contributed by atoms with van der Waals surface area (Å²) in [7, 11) is 0. The summed E-state index contributed by atoms with van der Waals surface area (Å²) in [6.07, 6.45) is 2.78. The van der Waals surface area contributed by atoms with Crippen LogP contribution in [0.25, 0.3) is 0 Å². The first-order chi connectivity index (χ1) is 13.8. The van der Waals surface area contributed by atoms with Crippen LogP contribution in [0.15, 0.2) is 79.1 Å². The SMILES string of the molecule is CC(C)(C)OC(=O)NCc1cnccc1C(O)(c1ccccc1)c1ccccc1. The average Bonchev–Trinajstić information content (AvgIpc) is 2.72. The summed E-state index contributed by atoms with van der Waals surface area (Å²) in [6.45, 7) is 5.61. The minimum Gasteiger partial charge on any atom is -0.444 e. The molecule has 0 unspecified atom stereocenters. The van der Waals surface area contributed by atoms with Crippen LogP contribution < -0.4 is 5.32 Å². The lowest BCUT2D eigenvalue weighted by Crippen LogP contribution is -2.34. The maximum Gasteiger partial charge on any atom is 0.407 e. The molecule has 2 N–H and O–H groups in total. The standard InChI is InChI=1S/C24H26N2O3/c1-23(2,3)29-22(27)26-17-18-16-25-15-14-21(18)24(28,19-10-6-4-7-11-19)20-12-8-5-9-13-20/h4-16,28H,17H2,1-3H3,(H,26,27). The van der Waals surface area contributed by atoms with Crippen LogP contribution in [-0.4, -0.2) is 21.8 Å². The van der Waals surface area contributed by atoms with Gasteiger partial charge in [0.2, 0.25) is 0 Å². The topological polar surface area (TPSA) is 71.5 Å². The van der Waals surface area contributed by atoms with Crippen molar-refractivity contribution >= 4 is 6.09 Å². The lowest BCUT2D eigenvalue weighted by atomic mass is 9.79. The zero-order chi connectivity index (χ0) is 20.9. The summed E-state index contributed by atoms with van der Waals surface area (Å²) in [4.78, 5) is 16.3. The Labute approximate surface area is 171 Å². The van der Waals surface area contributed by atoms with E-state index < -0.39 is 17.3 Å². The highest BCUT2D eigenvalue weighted by Crippen LogP contribution is 2.38. The first-order valence-corrected chi connectivity index (χ1v) is 9.54. The zero-order valence-electron chi connectivity index (χ0n) is 16.9. The van der Waals surface area contributed by atoms with E-state index in [-0.39, 0.29) is 6.54 Å². The van der Waals surface area contributed by atoms with Crippen LogP contribution in [0, 0.1) is 0 Å². The van der Waals surface area contributed by atoms with Gasteiger partial charge in [0.1, 0.15) is 11.2 Å². The van der Waals surface area contributed by atoms with E-state index in [0.29, 0.717) is 11.1 Å². The quantitative estimate of drug-likeness (QED) is 0.678. The molecule has 0 saturated carbocycles. The van der Waals surface area contributed by atoms with E-state index in [1.807, 2.05) is 81.4 Å². The second kappa shape index (κ2) is 8.45. The van der Waals surface area contributed by atoms with Gasteiger partial charge < -0.3 is 15.2 Å². The predicted molar refractivity (Wildman–Crippen MR) is 112 cm³/mol. The molecular formula is C24H26N2O3. The molecule has 5 nitrogen and oxygen atoms in total. The zero-order valence-corrected chi connectivity index (χ0v) is 16.9. The molecule has 0 saturated heterocycles. The molecule has 0 atom stereocenters. The number of aromatic nitrogens is 1. The Balaban J connectivity index is 2.01. The van der Waals surface area contributed by atoms with Gasteiger partial charge in [0.15, 0.2) is 0 Å². The Morgan fingerprint density at radius 3 is 2.03 bits per heavy atom. The summed E-state index contributed by atoms with van der Waals surface area (Å²) in [5.41, 5.74) is 0.842. The number of pyridine rings is 1. The van der Waals surface area contributed by atoms with Crippen molar-refractivity contribution in [2.24, 2.45) is 0 Å². The van der Waals surface area contributed by atoms with Crippen molar-refractivity contribution < 1.29 is 14.6 Å². The molecule has 0 radical (unpaired) electrons. The van der Waals surface area contributed by atoms with E-state index in [1.54, 1.807) is 18.5 Å². The van der Waals surface area contributed by atoms with Crippen LogP contribution in [0.5, 0.6) is 0 Å². The number of nitrogens with zero attached hydrogens (tertiary/aromatic N) is 1. The number of amides is 1. The fourth-order valence-electron chi connectivity index (χ4n) is 3.24. The van der Waals surface area contributed by atoms with E-state index in [9.17, 15) is 9.90 Å². The third kappa shape index (κ3) is 4.81. The molecule has 5 heteroatoms. The smallest absolute Gasteiger partial charge is 0.407 e. The van der Waals surface area contributed by atoms with Crippen molar-refractivity contribution in [3.63, 3.8) is 0 Å². The fourth-order valence-corrected chi connectivity index (χ4v) is 3.24. The summed E-state index contributed by atoms with van der Waals surface area (Å²) in [5.74, 6) is 0. The minimum absolute atomic E-state index is 0.181. The van der Waals surface area contributed by atoms with Gasteiger partial charge in [-0.15, -0.1) is 0 Å². The van der Waals surface area contributed by atoms with Gasteiger partial charge in [0.25, 0.3) is 0 Å². The largest absolute Gasteiger partial charge is 0.444 e. The number of alkyl carbamates (subject to hydrolysis) is 1. The van der Waals surface area contributed by atoms with Crippen molar-refractivity contribution in [3.05, 3.63) is 101 Å². The number of carbonyl (C=O) groups is 1. The summed E-state index contributed by atoms with van der Waals surface area (Å²) >= 11 is 0. The monoisotopic (exact) mass is 390 g/mol. The molecule has 2 aromatic carbocycles. The van der Waals surface area contributed by atoms with E-state index in [4.69, 9.17) is 4.74 Å². The number of benzene rings is 2. The van der Waals surface area contributed by atoms with Crippen molar-refractivity contribution in [2.75, 3.05) is 0 Å². The van der Waals surface area contributed by atoms with Gasteiger partial charge in [-0.1, -0.05) is 60.7 Å². The summed E-state index contributed by atoms with van der Waals surface area (Å²) in [5, 5.41) is 14.7. The van der Waals surface area contributed by atoms with Gasteiger partial charge in [-0.3, -0.25) is 4.98 Å². The Bertz CT molecular complexity index is 911. The van der Waals surface area contributed by atoms with Crippen LogP contribution >= 0.6 is 0 Å². The average molecular weight is 390 g/mol. The van der Waals surface area contributed by atoms with E-state index in [0.717, 1.165) is 11.1 Å². The molecule has 1 aromatic heterocycles. The lowest BCUT2D eigenvalue weighted by molar-refractivity contribution is 0.0522. The molecule has 0 aliphatic carbocycles. The number of aliphatic hydroxyl groups is 1. The molecule has 0 fully saturated rings. The number of hydrogen-bond acceptors (Lipinski definition) is 4. The summed E-state index contributed by atoms with van der Waals surface area (Å²) in [6, 6.07) is 20.7. The number of ether oxygens (including phenoxy) is 1. The van der Waals surface area contributed by atoms with Crippen LogP contribution in [0.3, 0.4) is 0 Å². The second-order valence-electron chi connectivity index (χ2n) is 7.83. The number of rotatable bonds is 5. The van der Waals surface area contributed by atoms with Crippen molar-refractivity contribution in [1.82, 2.24) is 10.3 Å². The summed E-state index contributed by atoms with van der Waals surface area (Å²) < 4.78 is 5.32. The Morgan fingerprint density at radius 1 is 0.966 bits per heavy atom. The highest BCUT2D eigenvalue weighted by Gasteiger charge is 2.35. The van der Waals surface area contributed by atoms with Gasteiger partial charge in [-0.05, 0) is 43.5 Å². The van der Waals surface area contributed by atoms with Crippen LogP contribution in [-0.2, 0) is 16.9 Å². The third-order valence-corrected chi connectivity index (χ3v) is 4.50. The van der Waals surface area contributed by atoms with Gasteiger partial charge in [0.05, 0.1) is 0 Å². The second-order valence-corrected chi connectivity index (χ2v) is 7.83. The molecule has 1 amide bonds. The molecule has 3 aromatic rings. The van der Waals surface area contributed by atoms with Gasteiger partial charge in [-0.25, -0.2) is 4.79 Å². The maximum atomic E-state index is 12.1.